The van der Waals surface area contributed by atoms with Gasteiger partial charge in [0.15, 0.2) is 0 Å². The Morgan fingerprint density at radius 2 is 1.94 bits per heavy atom. The van der Waals surface area contributed by atoms with E-state index in [1.807, 2.05) is 30.0 Å². The van der Waals surface area contributed by atoms with Crippen molar-refractivity contribution in [1.82, 2.24) is 19.8 Å². The zero-order valence-electron chi connectivity index (χ0n) is 17.8. The van der Waals surface area contributed by atoms with Crippen molar-refractivity contribution in [2.45, 2.75) is 26.2 Å². The number of amides is 2. The van der Waals surface area contributed by atoms with Crippen LogP contribution in [0, 0.1) is 12.8 Å². The first-order chi connectivity index (χ1) is 14.9. The number of pyridine rings is 1. The van der Waals surface area contributed by atoms with E-state index in [-0.39, 0.29) is 17.6 Å². The van der Waals surface area contributed by atoms with Crippen LogP contribution in [0.25, 0.3) is 5.52 Å². The first kappa shape index (κ1) is 20.7. The number of likely N-dealkylation sites (tertiary alicyclic amines) is 1. The molecule has 8 nitrogen and oxygen atoms in total. The van der Waals surface area contributed by atoms with E-state index in [4.69, 9.17) is 0 Å². The van der Waals surface area contributed by atoms with E-state index in [2.05, 4.69) is 15.7 Å². The smallest absolute Gasteiger partial charge is 0.257 e. The number of benzene rings is 1. The second kappa shape index (κ2) is 8.67. The van der Waals surface area contributed by atoms with Crippen LogP contribution in [-0.2, 0) is 4.79 Å². The van der Waals surface area contributed by atoms with Crippen molar-refractivity contribution in [3.05, 3.63) is 53.9 Å². The second-order valence-corrected chi connectivity index (χ2v) is 8.10. The Balaban J connectivity index is 1.50. The molecule has 162 valence electrons. The minimum absolute atomic E-state index is 0.0428. The average Bonchev–Trinajstić information content (AvgIpc) is 3.16. The molecule has 8 heteroatoms. The molecule has 0 saturated carbocycles. The molecule has 3 aromatic rings. The summed E-state index contributed by atoms with van der Waals surface area (Å²) in [5, 5.41) is 20.1. The summed E-state index contributed by atoms with van der Waals surface area (Å²) in [6.07, 6.45) is 5.57. The number of phenols is 1. The maximum absolute atomic E-state index is 13.2. The lowest BCUT2D eigenvalue weighted by Gasteiger charge is -2.31. The van der Waals surface area contributed by atoms with Gasteiger partial charge in [0, 0.05) is 50.2 Å². The highest BCUT2D eigenvalue weighted by Gasteiger charge is 2.26. The Hall–Kier alpha value is -3.55. The molecule has 31 heavy (non-hydrogen) atoms. The van der Waals surface area contributed by atoms with Crippen LogP contribution in [0.2, 0.25) is 0 Å². The normalized spacial score (nSPS) is 14.6. The van der Waals surface area contributed by atoms with Gasteiger partial charge in [-0.15, -0.1) is 0 Å². The quantitative estimate of drug-likeness (QED) is 0.588. The Kier molecular flexibility index (Phi) is 5.79. The van der Waals surface area contributed by atoms with Gasteiger partial charge in [0.1, 0.15) is 5.75 Å². The standard InChI is InChI=1S/C23H27N5O3/c1-15-9-18(12-19(29)10-15)26-17-5-8-28-21(13-17)20(14-25-28)23(31)27-6-3-16(4-7-27)11-22(30)24-2/h5,8-10,12-14,16,26,29H,3-4,6-7,11H2,1-2H3,(H,24,30). The van der Waals surface area contributed by atoms with Crippen LogP contribution in [0.5, 0.6) is 5.75 Å². The van der Waals surface area contributed by atoms with Gasteiger partial charge in [-0.25, -0.2) is 4.52 Å². The second-order valence-electron chi connectivity index (χ2n) is 8.10. The zero-order chi connectivity index (χ0) is 22.0. The molecule has 0 unspecified atom stereocenters. The molecule has 1 saturated heterocycles. The summed E-state index contributed by atoms with van der Waals surface area (Å²) in [6, 6.07) is 9.05. The number of aryl methyl sites for hydroxylation is 1. The van der Waals surface area contributed by atoms with E-state index in [1.165, 1.54) is 0 Å². The Morgan fingerprint density at radius 3 is 2.65 bits per heavy atom. The molecule has 2 amide bonds. The number of hydrogen-bond donors (Lipinski definition) is 3. The summed E-state index contributed by atoms with van der Waals surface area (Å²) < 4.78 is 1.68. The van der Waals surface area contributed by atoms with Crippen molar-refractivity contribution < 1.29 is 14.7 Å². The number of aromatic nitrogens is 2. The van der Waals surface area contributed by atoms with E-state index < -0.39 is 0 Å². The summed E-state index contributed by atoms with van der Waals surface area (Å²) in [7, 11) is 1.65. The molecule has 3 N–H and O–H groups in total. The highest BCUT2D eigenvalue weighted by atomic mass is 16.3. The lowest BCUT2D eigenvalue weighted by atomic mass is 9.93. The summed E-state index contributed by atoms with van der Waals surface area (Å²) in [4.78, 5) is 26.6. The topological polar surface area (TPSA) is 99.0 Å². The average molecular weight is 422 g/mol. The monoisotopic (exact) mass is 421 g/mol. The van der Waals surface area contributed by atoms with Gasteiger partial charge in [0.05, 0.1) is 17.3 Å². The number of nitrogens with one attached hydrogen (secondary N) is 2. The van der Waals surface area contributed by atoms with Crippen molar-refractivity contribution in [3.63, 3.8) is 0 Å². The zero-order valence-corrected chi connectivity index (χ0v) is 17.8. The molecule has 0 bridgehead atoms. The first-order valence-corrected chi connectivity index (χ1v) is 10.5. The SMILES string of the molecule is CNC(=O)CC1CCN(C(=O)c2cnn3ccc(Nc4cc(C)cc(O)c4)cc23)CC1. The Bertz CT molecular complexity index is 1100. The summed E-state index contributed by atoms with van der Waals surface area (Å²) in [5.41, 5.74) is 3.80. The molecule has 1 aliphatic heterocycles. The van der Waals surface area contributed by atoms with Gasteiger partial charge in [0.2, 0.25) is 5.91 Å². The van der Waals surface area contributed by atoms with E-state index >= 15 is 0 Å². The van der Waals surface area contributed by atoms with Crippen molar-refractivity contribution in [1.29, 1.82) is 0 Å². The van der Waals surface area contributed by atoms with Crippen LogP contribution >= 0.6 is 0 Å². The number of nitrogens with zero attached hydrogens (tertiary/aromatic N) is 3. The number of carbonyl (C=O) groups is 2. The fourth-order valence-electron chi connectivity index (χ4n) is 4.10. The molecule has 1 fully saturated rings. The maximum atomic E-state index is 13.2. The molecule has 0 radical (unpaired) electrons. The van der Waals surface area contributed by atoms with Gasteiger partial charge in [0.25, 0.3) is 5.91 Å². The lowest BCUT2D eigenvalue weighted by molar-refractivity contribution is -0.121. The van der Waals surface area contributed by atoms with E-state index in [9.17, 15) is 14.7 Å². The highest BCUT2D eigenvalue weighted by molar-refractivity contribution is 6.01. The minimum atomic E-state index is -0.0428. The lowest BCUT2D eigenvalue weighted by Crippen LogP contribution is -2.39. The highest BCUT2D eigenvalue weighted by Crippen LogP contribution is 2.26. The third-order valence-electron chi connectivity index (χ3n) is 5.76. The molecular formula is C23H27N5O3. The molecule has 0 atom stereocenters. The molecule has 1 aliphatic rings. The van der Waals surface area contributed by atoms with E-state index in [1.54, 1.807) is 36.1 Å². The largest absolute Gasteiger partial charge is 0.508 e. The molecule has 0 aliphatic carbocycles. The van der Waals surface area contributed by atoms with Gasteiger partial charge >= 0.3 is 0 Å². The third kappa shape index (κ3) is 4.63. The van der Waals surface area contributed by atoms with Crippen LogP contribution < -0.4 is 10.6 Å². The molecule has 1 aromatic carbocycles. The first-order valence-electron chi connectivity index (χ1n) is 10.5. The molecule has 0 spiro atoms. The molecular weight excluding hydrogens is 394 g/mol. The fraction of sp³-hybridized carbons (Fsp3) is 0.348. The van der Waals surface area contributed by atoms with Crippen LogP contribution in [0.15, 0.2) is 42.7 Å². The van der Waals surface area contributed by atoms with Gasteiger partial charge in [-0.05, 0) is 55.5 Å². The number of phenolic OH excluding ortho intramolecular Hbond substituents is 1. The van der Waals surface area contributed by atoms with Crippen molar-refractivity contribution in [3.8, 4) is 5.75 Å². The van der Waals surface area contributed by atoms with Crippen molar-refractivity contribution in [2.75, 3.05) is 25.5 Å². The van der Waals surface area contributed by atoms with Gasteiger partial charge < -0.3 is 20.6 Å². The molecule has 2 aromatic heterocycles. The number of piperidine rings is 1. The van der Waals surface area contributed by atoms with Crippen LogP contribution in [0.4, 0.5) is 11.4 Å². The summed E-state index contributed by atoms with van der Waals surface area (Å²) >= 11 is 0. The van der Waals surface area contributed by atoms with Crippen LogP contribution in [0.1, 0.15) is 35.2 Å². The van der Waals surface area contributed by atoms with Gasteiger partial charge in [-0.3, -0.25) is 9.59 Å². The maximum Gasteiger partial charge on any atom is 0.257 e. The predicted molar refractivity (Wildman–Crippen MR) is 119 cm³/mol. The van der Waals surface area contributed by atoms with Gasteiger partial charge in [-0.1, -0.05) is 0 Å². The van der Waals surface area contributed by atoms with Gasteiger partial charge in [-0.2, -0.15) is 5.10 Å². The predicted octanol–water partition coefficient (Wildman–Crippen LogP) is 3.08. The number of anilines is 2. The number of fused-ring (bicyclic) bond motifs is 1. The number of aromatic hydroxyl groups is 1. The van der Waals surface area contributed by atoms with Crippen molar-refractivity contribution in [2.24, 2.45) is 5.92 Å². The van der Waals surface area contributed by atoms with E-state index in [0.717, 1.165) is 35.3 Å². The Morgan fingerprint density at radius 1 is 1.16 bits per heavy atom. The van der Waals surface area contributed by atoms with E-state index in [0.29, 0.717) is 31.0 Å². The van der Waals surface area contributed by atoms with Crippen molar-refractivity contribution >= 4 is 28.7 Å². The van der Waals surface area contributed by atoms with Crippen LogP contribution in [0.3, 0.4) is 0 Å². The molecule has 3 heterocycles. The number of hydrogen-bond acceptors (Lipinski definition) is 5. The third-order valence-corrected chi connectivity index (χ3v) is 5.76. The minimum Gasteiger partial charge on any atom is -0.508 e. The Labute approximate surface area is 180 Å². The number of carbonyl (C=O) groups excluding carboxylic acids is 2. The fourth-order valence-corrected chi connectivity index (χ4v) is 4.10. The summed E-state index contributed by atoms with van der Waals surface area (Å²) in [6.45, 7) is 3.19. The summed E-state index contributed by atoms with van der Waals surface area (Å²) in [5.74, 6) is 0.520. The number of rotatable bonds is 5. The molecule has 4 rings (SSSR count). The van der Waals surface area contributed by atoms with Crippen LogP contribution in [-0.4, -0.2) is 51.6 Å².